The largest absolute Gasteiger partial charge is 0.396 e. The zero-order valence-electron chi connectivity index (χ0n) is 15.2. The van der Waals surface area contributed by atoms with Gasteiger partial charge in [-0.25, -0.2) is 14.5 Å². The van der Waals surface area contributed by atoms with Crippen molar-refractivity contribution in [2.45, 2.75) is 83.3 Å². The first-order valence-corrected chi connectivity index (χ1v) is 9.82. The SMILES string of the molecule is CCc1nc2n(n1)CCCC2NC(=O)NC(CCO)C1CCCCC1. The molecule has 25 heavy (non-hydrogen) atoms. The number of rotatable bonds is 6. The number of hydrogen-bond donors (Lipinski definition) is 3. The molecule has 1 fully saturated rings. The Labute approximate surface area is 149 Å². The second-order valence-electron chi connectivity index (χ2n) is 7.29. The average Bonchev–Trinajstić information content (AvgIpc) is 3.06. The molecule has 3 rings (SSSR count). The van der Waals surface area contributed by atoms with Crippen LogP contribution in [-0.4, -0.2) is 38.6 Å². The summed E-state index contributed by atoms with van der Waals surface area (Å²) in [6.45, 7) is 3.02. The van der Waals surface area contributed by atoms with E-state index in [1.165, 1.54) is 19.3 Å². The van der Waals surface area contributed by atoms with Gasteiger partial charge in [0.25, 0.3) is 0 Å². The van der Waals surface area contributed by atoms with E-state index in [0.717, 1.165) is 50.3 Å². The highest BCUT2D eigenvalue weighted by Crippen LogP contribution is 2.28. The molecule has 7 heteroatoms. The maximum atomic E-state index is 12.6. The van der Waals surface area contributed by atoms with Gasteiger partial charge < -0.3 is 15.7 Å². The predicted molar refractivity (Wildman–Crippen MR) is 95.1 cm³/mol. The lowest BCUT2D eigenvalue weighted by Crippen LogP contribution is -2.48. The number of fused-ring (bicyclic) bond motifs is 1. The quantitative estimate of drug-likeness (QED) is 0.735. The van der Waals surface area contributed by atoms with E-state index in [9.17, 15) is 9.90 Å². The Hall–Kier alpha value is -1.63. The van der Waals surface area contributed by atoms with Gasteiger partial charge in [0.05, 0.1) is 6.04 Å². The van der Waals surface area contributed by atoms with Crippen LogP contribution >= 0.6 is 0 Å². The monoisotopic (exact) mass is 349 g/mol. The van der Waals surface area contributed by atoms with Crippen LogP contribution in [-0.2, 0) is 13.0 Å². The molecule has 1 aliphatic carbocycles. The van der Waals surface area contributed by atoms with Crippen molar-refractivity contribution in [3.05, 3.63) is 11.6 Å². The van der Waals surface area contributed by atoms with E-state index >= 15 is 0 Å². The third-order valence-corrected chi connectivity index (χ3v) is 5.52. The Morgan fingerprint density at radius 3 is 2.80 bits per heavy atom. The third-order valence-electron chi connectivity index (χ3n) is 5.52. The first-order valence-electron chi connectivity index (χ1n) is 9.82. The molecule has 2 atom stereocenters. The van der Waals surface area contributed by atoms with Crippen LogP contribution in [0.4, 0.5) is 4.79 Å². The molecule has 1 saturated carbocycles. The van der Waals surface area contributed by atoms with Gasteiger partial charge in [-0.2, -0.15) is 5.10 Å². The minimum absolute atomic E-state index is 0.0537. The fourth-order valence-electron chi connectivity index (χ4n) is 4.16. The van der Waals surface area contributed by atoms with Crippen molar-refractivity contribution in [3.63, 3.8) is 0 Å². The molecule has 2 amide bonds. The Bertz CT molecular complexity index is 568. The van der Waals surface area contributed by atoms with Crippen molar-refractivity contribution in [3.8, 4) is 0 Å². The van der Waals surface area contributed by atoms with Gasteiger partial charge in [-0.3, -0.25) is 0 Å². The summed E-state index contributed by atoms with van der Waals surface area (Å²) >= 11 is 0. The van der Waals surface area contributed by atoms with Crippen LogP contribution in [0, 0.1) is 5.92 Å². The fourth-order valence-corrected chi connectivity index (χ4v) is 4.16. The third kappa shape index (κ3) is 4.51. The minimum atomic E-state index is -0.150. The summed E-state index contributed by atoms with van der Waals surface area (Å²) in [6.07, 6.45) is 9.33. The highest BCUT2D eigenvalue weighted by Gasteiger charge is 2.28. The second kappa shape index (κ2) is 8.65. The number of hydrogen-bond acceptors (Lipinski definition) is 4. The lowest BCUT2D eigenvalue weighted by Gasteiger charge is -2.31. The van der Waals surface area contributed by atoms with Gasteiger partial charge in [0.15, 0.2) is 5.82 Å². The van der Waals surface area contributed by atoms with Crippen LogP contribution in [0.15, 0.2) is 0 Å². The second-order valence-corrected chi connectivity index (χ2v) is 7.29. The molecule has 1 aromatic heterocycles. The van der Waals surface area contributed by atoms with E-state index in [2.05, 4.69) is 20.7 Å². The molecule has 2 unspecified atom stereocenters. The van der Waals surface area contributed by atoms with Gasteiger partial charge in [-0.15, -0.1) is 0 Å². The summed E-state index contributed by atoms with van der Waals surface area (Å²) < 4.78 is 1.93. The van der Waals surface area contributed by atoms with Crippen molar-refractivity contribution in [2.24, 2.45) is 5.92 Å². The summed E-state index contributed by atoms with van der Waals surface area (Å²) in [7, 11) is 0. The maximum Gasteiger partial charge on any atom is 0.315 e. The van der Waals surface area contributed by atoms with Crippen LogP contribution in [0.25, 0.3) is 0 Å². The normalized spacial score (nSPS) is 22.2. The van der Waals surface area contributed by atoms with Crippen LogP contribution < -0.4 is 10.6 Å². The molecule has 0 aromatic carbocycles. The van der Waals surface area contributed by atoms with Crippen molar-refractivity contribution in [1.29, 1.82) is 0 Å². The van der Waals surface area contributed by atoms with E-state index in [1.807, 2.05) is 11.6 Å². The molecule has 140 valence electrons. The maximum absolute atomic E-state index is 12.6. The number of aliphatic hydroxyl groups is 1. The van der Waals surface area contributed by atoms with Crippen LogP contribution in [0.2, 0.25) is 0 Å². The van der Waals surface area contributed by atoms with Gasteiger partial charge in [0.1, 0.15) is 5.82 Å². The number of carbonyl (C=O) groups is 1. The summed E-state index contributed by atoms with van der Waals surface area (Å²) in [4.78, 5) is 17.1. The van der Waals surface area contributed by atoms with Gasteiger partial charge in [0, 0.05) is 25.6 Å². The summed E-state index contributed by atoms with van der Waals surface area (Å²) in [6, 6.07) is -0.177. The minimum Gasteiger partial charge on any atom is -0.396 e. The number of aryl methyl sites for hydroxylation is 2. The highest BCUT2D eigenvalue weighted by molar-refractivity contribution is 5.74. The van der Waals surface area contributed by atoms with Gasteiger partial charge in [-0.05, 0) is 38.0 Å². The highest BCUT2D eigenvalue weighted by atomic mass is 16.3. The number of nitrogens with zero attached hydrogens (tertiary/aromatic N) is 3. The predicted octanol–water partition coefficient (Wildman–Crippen LogP) is 2.31. The standard InChI is InChI=1S/C18H31N5O2/c1-2-16-21-17-15(9-6-11-23(17)22-16)20-18(25)19-14(10-12-24)13-7-4-3-5-8-13/h13-15,24H,2-12H2,1H3,(H2,19,20,25). The molecule has 0 bridgehead atoms. The number of aliphatic hydroxyl groups excluding tert-OH is 1. The summed E-state index contributed by atoms with van der Waals surface area (Å²) in [5, 5.41) is 20.1. The zero-order valence-corrected chi connectivity index (χ0v) is 15.2. The van der Waals surface area contributed by atoms with E-state index < -0.39 is 0 Å². The first-order chi connectivity index (χ1) is 12.2. The smallest absolute Gasteiger partial charge is 0.315 e. The molecule has 1 aliphatic heterocycles. The van der Waals surface area contributed by atoms with E-state index in [4.69, 9.17) is 0 Å². The summed E-state index contributed by atoms with van der Waals surface area (Å²) in [5.74, 6) is 2.19. The van der Waals surface area contributed by atoms with E-state index in [0.29, 0.717) is 12.3 Å². The number of nitrogens with one attached hydrogen (secondary N) is 2. The Morgan fingerprint density at radius 1 is 1.28 bits per heavy atom. The molecule has 3 N–H and O–H groups in total. The molecule has 7 nitrogen and oxygen atoms in total. The molecule has 2 heterocycles. The molecule has 1 aromatic rings. The molecule has 2 aliphatic rings. The van der Waals surface area contributed by atoms with Gasteiger partial charge in [0.2, 0.25) is 0 Å². The Kier molecular flexibility index (Phi) is 6.29. The lowest BCUT2D eigenvalue weighted by molar-refractivity contribution is 0.193. The molecule has 0 radical (unpaired) electrons. The fraction of sp³-hybridized carbons (Fsp3) is 0.833. The lowest BCUT2D eigenvalue weighted by atomic mass is 9.83. The molecule has 0 saturated heterocycles. The van der Waals surface area contributed by atoms with Gasteiger partial charge >= 0.3 is 6.03 Å². The molecular formula is C18H31N5O2. The Balaban J connectivity index is 1.60. The van der Waals surface area contributed by atoms with Crippen LogP contribution in [0.3, 0.4) is 0 Å². The van der Waals surface area contributed by atoms with Gasteiger partial charge in [-0.1, -0.05) is 26.2 Å². The summed E-state index contributed by atoms with van der Waals surface area (Å²) in [5.41, 5.74) is 0. The number of carbonyl (C=O) groups excluding carboxylic acids is 1. The zero-order chi connectivity index (χ0) is 17.6. The van der Waals surface area contributed by atoms with E-state index in [-0.39, 0.29) is 24.7 Å². The molecule has 0 spiro atoms. The van der Waals surface area contributed by atoms with Crippen molar-refractivity contribution in [1.82, 2.24) is 25.4 Å². The average molecular weight is 349 g/mol. The number of urea groups is 1. The van der Waals surface area contributed by atoms with Crippen LogP contribution in [0.5, 0.6) is 0 Å². The van der Waals surface area contributed by atoms with Crippen molar-refractivity contribution < 1.29 is 9.90 Å². The van der Waals surface area contributed by atoms with Crippen molar-refractivity contribution >= 4 is 6.03 Å². The Morgan fingerprint density at radius 2 is 2.08 bits per heavy atom. The topological polar surface area (TPSA) is 92.1 Å². The number of aromatic nitrogens is 3. The van der Waals surface area contributed by atoms with E-state index in [1.54, 1.807) is 0 Å². The first kappa shape index (κ1) is 18.2. The van der Waals surface area contributed by atoms with Crippen molar-refractivity contribution in [2.75, 3.05) is 6.61 Å². The molecular weight excluding hydrogens is 318 g/mol. The van der Waals surface area contributed by atoms with Crippen LogP contribution in [0.1, 0.15) is 76.0 Å². The number of amides is 2.